The topological polar surface area (TPSA) is 52.0 Å². The highest BCUT2D eigenvalue weighted by atomic mass is 79.9. The predicted octanol–water partition coefficient (Wildman–Crippen LogP) is 4.56. The summed E-state index contributed by atoms with van der Waals surface area (Å²) in [6.07, 6.45) is 0. The Morgan fingerprint density at radius 2 is 1.89 bits per heavy atom. The largest absolute Gasteiger partial charge is 0.398 e. The molecule has 0 unspecified atom stereocenters. The fraction of sp³-hybridized carbons (Fsp3) is 0. The summed E-state index contributed by atoms with van der Waals surface area (Å²) in [5.41, 5.74) is 11.7. The quantitative estimate of drug-likeness (QED) is 0.783. The number of benzene rings is 2. The van der Waals surface area contributed by atoms with Crippen LogP contribution in [-0.4, -0.2) is 0 Å². The van der Waals surface area contributed by atoms with Gasteiger partial charge in [-0.1, -0.05) is 45.4 Å². The number of anilines is 2. The molecule has 94 valence electrons. The van der Waals surface area contributed by atoms with Crippen molar-refractivity contribution in [1.29, 1.82) is 0 Å². The summed E-state index contributed by atoms with van der Waals surface area (Å²) >= 11 is 10.3. The molecule has 18 heavy (non-hydrogen) atoms. The lowest BCUT2D eigenvalue weighted by Crippen LogP contribution is -1.98. The molecule has 0 aromatic heterocycles. The minimum atomic E-state index is -0.584. The van der Waals surface area contributed by atoms with Crippen molar-refractivity contribution in [3.8, 4) is 0 Å². The van der Waals surface area contributed by atoms with Crippen molar-refractivity contribution in [2.75, 3.05) is 11.5 Å². The van der Waals surface area contributed by atoms with Crippen LogP contribution in [0, 0.1) is 5.82 Å². The first-order valence-corrected chi connectivity index (χ1v) is 6.94. The van der Waals surface area contributed by atoms with Gasteiger partial charge in [0.1, 0.15) is 5.02 Å². The molecule has 0 spiro atoms. The van der Waals surface area contributed by atoms with Crippen LogP contribution in [0.15, 0.2) is 44.6 Å². The van der Waals surface area contributed by atoms with Gasteiger partial charge in [0, 0.05) is 9.37 Å². The average Bonchev–Trinajstić information content (AvgIpc) is 2.32. The molecule has 6 heteroatoms. The second kappa shape index (κ2) is 5.38. The maximum absolute atomic E-state index is 14.0. The van der Waals surface area contributed by atoms with Gasteiger partial charge in [-0.2, -0.15) is 0 Å². The fourth-order valence-electron chi connectivity index (χ4n) is 1.40. The Balaban J connectivity index is 2.44. The molecule has 0 fully saturated rings. The third-order valence-electron chi connectivity index (χ3n) is 2.23. The maximum atomic E-state index is 14.0. The van der Waals surface area contributed by atoms with Gasteiger partial charge < -0.3 is 11.5 Å². The summed E-state index contributed by atoms with van der Waals surface area (Å²) in [6.45, 7) is 0. The van der Waals surface area contributed by atoms with E-state index in [0.717, 1.165) is 9.37 Å². The summed E-state index contributed by atoms with van der Waals surface area (Å²) in [7, 11) is 0. The molecular weight excluding hydrogens is 339 g/mol. The average molecular weight is 348 g/mol. The molecule has 0 amide bonds. The molecule has 0 saturated carbocycles. The normalized spacial score (nSPS) is 10.6. The van der Waals surface area contributed by atoms with Crippen LogP contribution in [-0.2, 0) is 0 Å². The Labute approximate surface area is 122 Å². The van der Waals surface area contributed by atoms with E-state index in [2.05, 4.69) is 15.9 Å². The van der Waals surface area contributed by atoms with E-state index in [1.165, 1.54) is 17.8 Å². The number of nitrogen functional groups attached to an aromatic ring is 2. The Morgan fingerprint density at radius 1 is 1.17 bits per heavy atom. The van der Waals surface area contributed by atoms with Gasteiger partial charge in [-0.05, 0) is 24.3 Å². The smallest absolute Gasteiger partial charge is 0.159 e. The highest BCUT2D eigenvalue weighted by molar-refractivity contribution is 9.10. The molecule has 0 bridgehead atoms. The van der Waals surface area contributed by atoms with E-state index >= 15 is 0 Å². The fourth-order valence-corrected chi connectivity index (χ4v) is 3.09. The Kier molecular flexibility index (Phi) is 4.04. The van der Waals surface area contributed by atoms with E-state index < -0.39 is 5.82 Å². The van der Waals surface area contributed by atoms with Crippen LogP contribution in [0.5, 0.6) is 0 Å². The first kappa shape index (κ1) is 13.5. The summed E-state index contributed by atoms with van der Waals surface area (Å²) in [6, 6.07) is 8.94. The van der Waals surface area contributed by atoms with E-state index in [0.29, 0.717) is 0 Å². The van der Waals surface area contributed by atoms with Gasteiger partial charge >= 0.3 is 0 Å². The molecule has 2 rings (SSSR count). The summed E-state index contributed by atoms with van der Waals surface area (Å²) in [4.78, 5) is 1.14. The van der Waals surface area contributed by atoms with E-state index in [1.807, 2.05) is 24.3 Å². The van der Waals surface area contributed by atoms with Crippen LogP contribution >= 0.6 is 39.3 Å². The van der Waals surface area contributed by atoms with Crippen LogP contribution in [0.25, 0.3) is 0 Å². The Hall–Kier alpha value is -0.910. The number of halogens is 3. The van der Waals surface area contributed by atoms with Crippen molar-refractivity contribution in [2.45, 2.75) is 9.79 Å². The molecular formula is C12H9BrClFN2S. The van der Waals surface area contributed by atoms with Gasteiger partial charge in [0.2, 0.25) is 0 Å². The van der Waals surface area contributed by atoms with Gasteiger partial charge in [-0.3, -0.25) is 0 Å². The summed E-state index contributed by atoms with van der Waals surface area (Å²) in [5, 5.41) is -0.0957. The van der Waals surface area contributed by atoms with Gasteiger partial charge in [-0.25, -0.2) is 4.39 Å². The zero-order chi connectivity index (χ0) is 13.3. The summed E-state index contributed by atoms with van der Waals surface area (Å²) in [5.74, 6) is -0.584. The monoisotopic (exact) mass is 346 g/mol. The summed E-state index contributed by atoms with van der Waals surface area (Å²) < 4.78 is 14.9. The van der Waals surface area contributed by atoms with Crippen LogP contribution < -0.4 is 11.5 Å². The minimum Gasteiger partial charge on any atom is -0.398 e. The third kappa shape index (κ3) is 2.74. The molecule has 0 heterocycles. The van der Waals surface area contributed by atoms with Crippen molar-refractivity contribution in [2.24, 2.45) is 0 Å². The van der Waals surface area contributed by atoms with E-state index in [9.17, 15) is 4.39 Å². The van der Waals surface area contributed by atoms with Crippen molar-refractivity contribution in [1.82, 2.24) is 0 Å². The van der Waals surface area contributed by atoms with Crippen molar-refractivity contribution >= 4 is 50.7 Å². The lowest BCUT2D eigenvalue weighted by atomic mass is 10.3. The second-order valence-electron chi connectivity index (χ2n) is 3.57. The lowest BCUT2D eigenvalue weighted by molar-refractivity contribution is 0.604. The van der Waals surface area contributed by atoms with Crippen molar-refractivity contribution in [3.05, 3.63) is 45.6 Å². The van der Waals surface area contributed by atoms with E-state index in [-0.39, 0.29) is 21.3 Å². The first-order valence-electron chi connectivity index (χ1n) is 4.95. The zero-order valence-corrected chi connectivity index (χ0v) is 12.2. The highest BCUT2D eigenvalue weighted by Gasteiger charge is 2.15. The SMILES string of the molecule is Nc1cc(N)c(Sc2cccc(Br)c2)c(F)c1Cl. The predicted molar refractivity (Wildman–Crippen MR) is 78.5 cm³/mol. The molecule has 0 aliphatic heterocycles. The Bertz CT molecular complexity index is 607. The molecule has 2 aromatic carbocycles. The maximum Gasteiger partial charge on any atom is 0.159 e. The molecule has 0 aliphatic rings. The molecule has 0 radical (unpaired) electrons. The van der Waals surface area contributed by atoms with Gasteiger partial charge in [0.05, 0.1) is 16.3 Å². The van der Waals surface area contributed by atoms with Gasteiger partial charge in [-0.15, -0.1) is 0 Å². The zero-order valence-electron chi connectivity index (χ0n) is 9.08. The second-order valence-corrected chi connectivity index (χ2v) is 5.95. The molecule has 2 aromatic rings. The molecule has 2 nitrogen and oxygen atoms in total. The number of rotatable bonds is 2. The van der Waals surface area contributed by atoms with Crippen LogP contribution in [0.3, 0.4) is 0 Å². The molecule has 0 aliphatic carbocycles. The van der Waals surface area contributed by atoms with Gasteiger partial charge in [0.15, 0.2) is 5.82 Å². The third-order valence-corrected chi connectivity index (χ3v) is 4.22. The number of hydrogen-bond acceptors (Lipinski definition) is 3. The van der Waals surface area contributed by atoms with Crippen molar-refractivity contribution < 1.29 is 4.39 Å². The number of nitrogens with two attached hydrogens (primary N) is 2. The minimum absolute atomic E-state index is 0.0957. The van der Waals surface area contributed by atoms with Crippen LogP contribution in [0.4, 0.5) is 15.8 Å². The van der Waals surface area contributed by atoms with Crippen molar-refractivity contribution in [3.63, 3.8) is 0 Å². The number of hydrogen-bond donors (Lipinski definition) is 2. The Morgan fingerprint density at radius 3 is 2.56 bits per heavy atom. The molecule has 4 N–H and O–H groups in total. The lowest BCUT2D eigenvalue weighted by Gasteiger charge is -2.10. The van der Waals surface area contributed by atoms with Crippen LogP contribution in [0.2, 0.25) is 5.02 Å². The van der Waals surface area contributed by atoms with Gasteiger partial charge in [0.25, 0.3) is 0 Å². The molecule has 0 atom stereocenters. The van der Waals surface area contributed by atoms with Crippen LogP contribution in [0.1, 0.15) is 0 Å². The van der Waals surface area contributed by atoms with E-state index in [4.69, 9.17) is 23.1 Å². The standard InChI is InChI=1S/C12H9BrClFN2S/c13-6-2-1-3-7(4-6)18-12-9(17)5-8(16)10(14)11(12)15/h1-5H,16-17H2. The van der Waals surface area contributed by atoms with E-state index in [1.54, 1.807) is 0 Å². The molecule has 0 saturated heterocycles. The highest BCUT2D eigenvalue weighted by Crippen LogP contribution is 2.40. The first-order chi connectivity index (χ1) is 8.49.